The van der Waals surface area contributed by atoms with Crippen molar-refractivity contribution in [3.05, 3.63) is 46.1 Å². The molecule has 7 nitrogen and oxygen atoms in total. The van der Waals surface area contributed by atoms with Gasteiger partial charge in [0.1, 0.15) is 0 Å². The molecule has 8 heteroatoms. The van der Waals surface area contributed by atoms with Gasteiger partial charge in [0, 0.05) is 30.6 Å². The van der Waals surface area contributed by atoms with Crippen LogP contribution in [0.1, 0.15) is 37.8 Å². The van der Waals surface area contributed by atoms with Gasteiger partial charge in [-0.05, 0) is 37.5 Å². The van der Waals surface area contributed by atoms with Crippen molar-refractivity contribution in [3.63, 3.8) is 0 Å². The van der Waals surface area contributed by atoms with Crippen LogP contribution in [0.15, 0.2) is 35.5 Å². The molecular formula is C20H23ClN4O3. The first kappa shape index (κ1) is 18.8. The third kappa shape index (κ3) is 3.58. The Kier molecular flexibility index (Phi) is 5.02. The van der Waals surface area contributed by atoms with Gasteiger partial charge >= 0.3 is 6.03 Å². The molecule has 28 heavy (non-hydrogen) atoms. The second-order valence-electron chi connectivity index (χ2n) is 7.36. The minimum atomic E-state index is -0.514. The first-order valence-electron chi connectivity index (χ1n) is 9.63. The summed E-state index contributed by atoms with van der Waals surface area (Å²) in [6.45, 7) is 3.03. The van der Waals surface area contributed by atoms with E-state index in [9.17, 15) is 14.4 Å². The first-order valence-corrected chi connectivity index (χ1v) is 10.0. The zero-order valence-electron chi connectivity index (χ0n) is 15.7. The molecule has 1 aromatic carbocycles. The Morgan fingerprint density at radius 2 is 1.96 bits per heavy atom. The number of amides is 4. The Labute approximate surface area is 168 Å². The molecular weight excluding hydrogens is 380 g/mol. The second kappa shape index (κ2) is 7.47. The van der Waals surface area contributed by atoms with Crippen LogP contribution in [0.2, 0.25) is 5.02 Å². The van der Waals surface area contributed by atoms with Gasteiger partial charge in [-0.25, -0.2) is 4.79 Å². The van der Waals surface area contributed by atoms with Crippen LogP contribution in [0.25, 0.3) is 0 Å². The summed E-state index contributed by atoms with van der Waals surface area (Å²) in [4.78, 5) is 41.0. The maximum absolute atomic E-state index is 13.1. The van der Waals surface area contributed by atoms with Gasteiger partial charge in [0.05, 0.1) is 23.9 Å². The molecule has 2 heterocycles. The van der Waals surface area contributed by atoms with E-state index in [0.29, 0.717) is 36.3 Å². The van der Waals surface area contributed by atoms with E-state index in [2.05, 4.69) is 10.6 Å². The average Bonchev–Trinajstić information content (AvgIpc) is 3.42. The Balaban J connectivity index is 1.55. The third-order valence-corrected chi connectivity index (χ3v) is 5.62. The summed E-state index contributed by atoms with van der Waals surface area (Å²) < 4.78 is 0. The number of carbonyl (C=O) groups excluding carboxylic acids is 3. The number of urea groups is 1. The van der Waals surface area contributed by atoms with Crippen molar-refractivity contribution in [3.8, 4) is 0 Å². The molecule has 3 aliphatic rings. The molecule has 0 spiro atoms. The standard InChI is InChI=1S/C20H23ClN4O3/c1-2-25-15-11-24(10-9-16(26)22-14-7-8-14)19(27)17(15)18(23-20(25)28)12-3-5-13(21)6-4-12/h3-6,14,18H,2,7-11H2,1H3,(H,22,26)(H,23,28)/t18-/m0/s1. The number of benzene rings is 1. The van der Waals surface area contributed by atoms with E-state index in [0.717, 1.165) is 24.1 Å². The van der Waals surface area contributed by atoms with Crippen molar-refractivity contribution in [1.82, 2.24) is 20.4 Å². The van der Waals surface area contributed by atoms with E-state index >= 15 is 0 Å². The normalized spacial score (nSPS) is 21.7. The molecule has 1 aromatic rings. The van der Waals surface area contributed by atoms with Crippen molar-refractivity contribution in [2.45, 2.75) is 38.3 Å². The Bertz CT molecular complexity index is 848. The van der Waals surface area contributed by atoms with Crippen LogP contribution in [-0.2, 0) is 9.59 Å². The summed E-state index contributed by atoms with van der Waals surface area (Å²) in [5.74, 6) is -0.163. The number of hydrogen-bond acceptors (Lipinski definition) is 3. The maximum atomic E-state index is 13.1. The lowest BCUT2D eigenvalue weighted by atomic mass is 9.95. The SMILES string of the molecule is CCN1C(=O)N[C@@H](c2ccc(Cl)cc2)C2=C1CN(CCC(=O)NC1CC1)C2=O. The average molecular weight is 403 g/mol. The lowest BCUT2D eigenvalue weighted by Crippen LogP contribution is -2.47. The van der Waals surface area contributed by atoms with Crippen LogP contribution < -0.4 is 10.6 Å². The van der Waals surface area contributed by atoms with E-state index in [1.165, 1.54) is 0 Å². The molecule has 1 aliphatic carbocycles. The molecule has 0 aromatic heterocycles. The molecule has 148 valence electrons. The number of hydrogen-bond donors (Lipinski definition) is 2. The van der Waals surface area contributed by atoms with E-state index < -0.39 is 6.04 Å². The summed E-state index contributed by atoms with van der Waals surface area (Å²) in [6.07, 6.45) is 2.33. The number of nitrogens with zero attached hydrogens (tertiary/aromatic N) is 2. The van der Waals surface area contributed by atoms with Crippen LogP contribution in [0.3, 0.4) is 0 Å². The number of likely N-dealkylation sites (N-methyl/N-ethyl adjacent to an activating group) is 1. The Hall–Kier alpha value is -2.54. The summed E-state index contributed by atoms with van der Waals surface area (Å²) in [6, 6.07) is 6.70. The highest BCUT2D eigenvalue weighted by atomic mass is 35.5. The largest absolute Gasteiger partial charge is 0.353 e. The Morgan fingerprint density at radius 1 is 1.25 bits per heavy atom. The summed E-state index contributed by atoms with van der Waals surface area (Å²) >= 11 is 5.98. The van der Waals surface area contributed by atoms with Gasteiger partial charge in [-0.3, -0.25) is 14.5 Å². The quantitative estimate of drug-likeness (QED) is 0.765. The molecule has 1 atom stereocenters. The monoisotopic (exact) mass is 402 g/mol. The van der Waals surface area contributed by atoms with Gasteiger partial charge in [0.15, 0.2) is 0 Å². The molecule has 0 radical (unpaired) electrons. The number of nitrogens with one attached hydrogen (secondary N) is 2. The van der Waals surface area contributed by atoms with E-state index in [-0.39, 0.29) is 24.3 Å². The summed E-state index contributed by atoms with van der Waals surface area (Å²) in [5, 5.41) is 6.47. The van der Waals surface area contributed by atoms with Gasteiger partial charge in [-0.2, -0.15) is 0 Å². The fourth-order valence-electron chi connectivity index (χ4n) is 3.73. The van der Waals surface area contributed by atoms with Crippen molar-refractivity contribution in [2.75, 3.05) is 19.6 Å². The molecule has 1 saturated carbocycles. The highest BCUT2D eigenvalue weighted by Crippen LogP contribution is 2.36. The van der Waals surface area contributed by atoms with Crippen molar-refractivity contribution < 1.29 is 14.4 Å². The van der Waals surface area contributed by atoms with Crippen LogP contribution in [-0.4, -0.2) is 53.3 Å². The molecule has 1 fully saturated rings. The minimum absolute atomic E-state index is 0.0315. The number of carbonyl (C=O) groups is 3. The molecule has 2 N–H and O–H groups in total. The van der Waals surface area contributed by atoms with Gasteiger partial charge in [0.25, 0.3) is 5.91 Å². The molecule has 4 rings (SSSR count). The van der Waals surface area contributed by atoms with Crippen LogP contribution >= 0.6 is 11.6 Å². The second-order valence-corrected chi connectivity index (χ2v) is 7.79. The first-order chi connectivity index (χ1) is 13.5. The maximum Gasteiger partial charge on any atom is 0.322 e. The zero-order valence-corrected chi connectivity index (χ0v) is 16.5. The minimum Gasteiger partial charge on any atom is -0.353 e. The molecule has 0 saturated heterocycles. The highest BCUT2D eigenvalue weighted by molar-refractivity contribution is 6.30. The zero-order chi connectivity index (χ0) is 19.8. The van der Waals surface area contributed by atoms with E-state index in [1.54, 1.807) is 21.9 Å². The summed E-state index contributed by atoms with van der Waals surface area (Å²) in [5.41, 5.74) is 2.10. The fraction of sp³-hybridized carbons (Fsp3) is 0.450. The van der Waals surface area contributed by atoms with Crippen molar-refractivity contribution in [1.29, 1.82) is 0 Å². The van der Waals surface area contributed by atoms with E-state index in [1.807, 2.05) is 19.1 Å². The number of rotatable bonds is 6. The molecule has 0 bridgehead atoms. The van der Waals surface area contributed by atoms with Gasteiger partial charge in [-0.1, -0.05) is 23.7 Å². The smallest absolute Gasteiger partial charge is 0.322 e. The third-order valence-electron chi connectivity index (χ3n) is 5.37. The predicted octanol–water partition coefficient (Wildman–Crippen LogP) is 2.19. The van der Waals surface area contributed by atoms with Crippen LogP contribution in [0.5, 0.6) is 0 Å². The fourth-order valence-corrected chi connectivity index (χ4v) is 3.86. The van der Waals surface area contributed by atoms with Gasteiger partial charge in [0.2, 0.25) is 5.91 Å². The predicted molar refractivity (Wildman–Crippen MR) is 104 cm³/mol. The highest BCUT2D eigenvalue weighted by Gasteiger charge is 2.43. The van der Waals surface area contributed by atoms with Gasteiger partial charge in [-0.15, -0.1) is 0 Å². The van der Waals surface area contributed by atoms with Crippen LogP contribution in [0, 0.1) is 0 Å². The summed E-state index contributed by atoms with van der Waals surface area (Å²) in [7, 11) is 0. The topological polar surface area (TPSA) is 81.8 Å². The Morgan fingerprint density at radius 3 is 2.61 bits per heavy atom. The van der Waals surface area contributed by atoms with E-state index in [4.69, 9.17) is 11.6 Å². The van der Waals surface area contributed by atoms with Gasteiger partial charge < -0.3 is 15.5 Å². The van der Waals surface area contributed by atoms with Crippen LogP contribution in [0.4, 0.5) is 4.79 Å². The molecule has 2 aliphatic heterocycles. The molecule has 0 unspecified atom stereocenters. The lowest BCUT2D eigenvalue weighted by Gasteiger charge is -2.32. The van der Waals surface area contributed by atoms with Crippen molar-refractivity contribution in [2.24, 2.45) is 0 Å². The lowest BCUT2D eigenvalue weighted by molar-refractivity contribution is -0.127. The van der Waals surface area contributed by atoms with Crippen molar-refractivity contribution >= 4 is 29.4 Å². The number of halogens is 1. The molecule has 4 amide bonds.